The van der Waals surface area contributed by atoms with Gasteiger partial charge in [0, 0.05) is 17.5 Å². The quantitative estimate of drug-likeness (QED) is 0.190. The van der Waals surface area contributed by atoms with Crippen molar-refractivity contribution in [2.45, 2.75) is 50.5 Å². The Labute approximate surface area is 248 Å². The van der Waals surface area contributed by atoms with Gasteiger partial charge in [-0.05, 0) is 92.4 Å². The summed E-state index contributed by atoms with van der Waals surface area (Å²) in [5.74, 6) is -1.23. The minimum Gasteiger partial charge on any atom is -0.489 e. The average molecular weight is 591 g/mol. The van der Waals surface area contributed by atoms with Crippen molar-refractivity contribution in [3.63, 3.8) is 0 Å². The van der Waals surface area contributed by atoms with Gasteiger partial charge in [0.2, 0.25) is 5.78 Å². The summed E-state index contributed by atoms with van der Waals surface area (Å²) >= 11 is 6.45. The number of halogens is 2. The third-order valence-corrected chi connectivity index (χ3v) is 8.12. The van der Waals surface area contributed by atoms with Gasteiger partial charge in [-0.1, -0.05) is 29.8 Å². The van der Waals surface area contributed by atoms with Crippen molar-refractivity contribution in [3.05, 3.63) is 94.4 Å². The smallest absolute Gasteiger partial charge is 0.292 e. The fourth-order valence-corrected chi connectivity index (χ4v) is 5.58. The number of likely N-dealkylation sites (tertiary alicyclic amines) is 1. The molecular formula is C32H32ClFN4O4. The van der Waals surface area contributed by atoms with Crippen LogP contribution in [0.25, 0.3) is 10.9 Å². The zero-order valence-electron chi connectivity index (χ0n) is 23.0. The van der Waals surface area contributed by atoms with Gasteiger partial charge >= 0.3 is 0 Å². The average Bonchev–Trinajstić information content (AvgIpc) is 3.49. The summed E-state index contributed by atoms with van der Waals surface area (Å²) in [6, 6.07) is 15.6. The van der Waals surface area contributed by atoms with Crippen LogP contribution in [0.2, 0.25) is 5.02 Å². The number of nitrogens with one attached hydrogen (secondary N) is 1. The lowest BCUT2D eigenvalue weighted by Crippen LogP contribution is -2.48. The Balaban J connectivity index is 1.17. The number of ketones is 1. The number of Topliss-reactive ketones (excluding diaryl/α,β-unsaturated/α-hetero) is 1. The Morgan fingerprint density at radius 3 is 2.55 bits per heavy atom. The number of aromatic nitrogens is 2. The predicted molar refractivity (Wildman–Crippen MR) is 157 cm³/mol. The largest absolute Gasteiger partial charge is 0.489 e. The van der Waals surface area contributed by atoms with Crippen molar-refractivity contribution < 1.29 is 23.8 Å². The van der Waals surface area contributed by atoms with Gasteiger partial charge in [-0.25, -0.2) is 4.39 Å². The number of aliphatic hydroxyl groups is 1. The molecule has 42 heavy (non-hydrogen) atoms. The third kappa shape index (κ3) is 6.48. The van der Waals surface area contributed by atoms with Gasteiger partial charge in [-0.2, -0.15) is 5.10 Å². The molecule has 6 rings (SSSR count). The minimum atomic E-state index is -1.08. The van der Waals surface area contributed by atoms with Gasteiger partial charge < -0.3 is 20.1 Å². The summed E-state index contributed by atoms with van der Waals surface area (Å²) in [6.07, 6.45) is 4.84. The Morgan fingerprint density at radius 1 is 1.07 bits per heavy atom. The molecule has 218 valence electrons. The van der Waals surface area contributed by atoms with Crippen LogP contribution in [-0.2, 0) is 11.3 Å². The highest BCUT2D eigenvalue weighted by molar-refractivity contribution is 6.43. The first-order valence-corrected chi connectivity index (χ1v) is 14.6. The van der Waals surface area contributed by atoms with E-state index in [4.69, 9.17) is 16.3 Å². The van der Waals surface area contributed by atoms with Crippen LogP contribution in [-0.4, -0.2) is 63.3 Å². The molecule has 1 aliphatic heterocycles. The van der Waals surface area contributed by atoms with E-state index in [1.165, 1.54) is 12.1 Å². The molecular weight excluding hydrogens is 559 g/mol. The van der Waals surface area contributed by atoms with Gasteiger partial charge in [0.15, 0.2) is 0 Å². The first-order valence-electron chi connectivity index (χ1n) is 14.3. The minimum absolute atomic E-state index is 0.190. The first-order chi connectivity index (χ1) is 20.3. The fraction of sp³-hybridized carbons (Fsp3) is 0.344. The number of benzene rings is 3. The van der Waals surface area contributed by atoms with Crippen molar-refractivity contribution in [1.29, 1.82) is 0 Å². The molecule has 2 heterocycles. The van der Waals surface area contributed by atoms with Crippen LogP contribution in [0.15, 0.2) is 66.9 Å². The summed E-state index contributed by atoms with van der Waals surface area (Å²) in [4.78, 5) is 28.7. The molecule has 8 nitrogen and oxygen atoms in total. The number of aliphatic hydroxyl groups excluding tert-OH is 1. The molecule has 0 radical (unpaired) electrons. The molecule has 0 bridgehead atoms. The number of carbonyl (C=O) groups is 2. The van der Waals surface area contributed by atoms with E-state index in [0.29, 0.717) is 34.8 Å². The first kappa shape index (κ1) is 28.3. The topological polar surface area (TPSA) is 96.7 Å². The van der Waals surface area contributed by atoms with Crippen LogP contribution < -0.4 is 10.1 Å². The summed E-state index contributed by atoms with van der Waals surface area (Å²) < 4.78 is 20.8. The summed E-state index contributed by atoms with van der Waals surface area (Å²) in [5, 5.41) is 19.7. The standard InChI is InChI=1S/C32H32ClFN4O4/c33-26-16-22(6-12-29(26)42-25-9-10-25)30(39)27(19-37-13-1-2-14-37)36-32(41)31(40)21-5-11-28-23(15-21)17-35-38(28)18-20-3-7-24(34)8-4-20/h3-8,11-12,15-17,25,27,30,39H,1-2,9-10,13-14,18-19H2,(H,36,41). The van der Waals surface area contributed by atoms with Crippen molar-refractivity contribution in [3.8, 4) is 5.75 Å². The van der Waals surface area contributed by atoms with E-state index in [9.17, 15) is 19.1 Å². The van der Waals surface area contributed by atoms with Crippen LogP contribution in [0.4, 0.5) is 4.39 Å². The molecule has 3 aromatic carbocycles. The fourth-order valence-electron chi connectivity index (χ4n) is 5.34. The van der Waals surface area contributed by atoms with Gasteiger partial charge in [-0.15, -0.1) is 0 Å². The number of hydrogen-bond acceptors (Lipinski definition) is 6. The monoisotopic (exact) mass is 590 g/mol. The van der Waals surface area contributed by atoms with E-state index in [1.807, 2.05) is 0 Å². The van der Waals surface area contributed by atoms with E-state index in [1.54, 1.807) is 59.4 Å². The highest BCUT2D eigenvalue weighted by Gasteiger charge is 2.30. The molecule has 1 amide bonds. The van der Waals surface area contributed by atoms with Crippen molar-refractivity contribution in [2.75, 3.05) is 19.6 Å². The molecule has 2 aliphatic rings. The van der Waals surface area contributed by atoms with Crippen LogP contribution in [0, 0.1) is 5.82 Å². The van der Waals surface area contributed by atoms with Gasteiger partial charge in [0.05, 0.1) is 35.4 Å². The van der Waals surface area contributed by atoms with Crippen molar-refractivity contribution in [1.82, 2.24) is 20.0 Å². The number of fused-ring (bicyclic) bond motifs is 1. The lowest BCUT2D eigenvalue weighted by atomic mass is 10.0. The van der Waals surface area contributed by atoms with E-state index < -0.39 is 23.8 Å². The summed E-state index contributed by atoms with van der Waals surface area (Å²) in [5.41, 5.74) is 2.43. The maximum absolute atomic E-state index is 13.3. The maximum Gasteiger partial charge on any atom is 0.292 e. The Morgan fingerprint density at radius 2 is 1.83 bits per heavy atom. The predicted octanol–water partition coefficient (Wildman–Crippen LogP) is 4.92. The number of amides is 1. The van der Waals surface area contributed by atoms with E-state index in [2.05, 4.69) is 15.3 Å². The van der Waals surface area contributed by atoms with E-state index in [-0.39, 0.29) is 17.5 Å². The second-order valence-corrected chi connectivity index (χ2v) is 11.5. The zero-order valence-corrected chi connectivity index (χ0v) is 23.8. The molecule has 1 aliphatic carbocycles. The molecule has 2 fully saturated rings. The number of nitrogens with zero attached hydrogens (tertiary/aromatic N) is 3. The molecule has 1 saturated heterocycles. The number of hydrogen-bond donors (Lipinski definition) is 2. The van der Waals surface area contributed by atoms with Crippen LogP contribution in [0.5, 0.6) is 5.75 Å². The van der Waals surface area contributed by atoms with E-state index >= 15 is 0 Å². The van der Waals surface area contributed by atoms with Crippen LogP contribution >= 0.6 is 11.6 Å². The Bertz CT molecular complexity index is 1600. The zero-order chi connectivity index (χ0) is 29.2. The van der Waals surface area contributed by atoms with Crippen LogP contribution in [0.3, 0.4) is 0 Å². The molecule has 2 atom stereocenters. The molecule has 1 aromatic heterocycles. The highest BCUT2D eigenvalue weighted by Crippen LogP contribution is 2.34. The summed E-state index contributed by atoms with van der Waals surface area (Å²) in [6.45, 7) is 2.56. The highest BCUT2D eigenvalue weighted by atomic mass is 35.5. The third-order valence-electron chi connectivity index (χ3n) is 7.82. The van der Waals surface area contributed by atoms with Crippen LogP contribution in [0.1, 0.15) is 53.3 Å². The molecule has 2 unspecified atom stereocenters. The molecule has 1 saturated carbocycles. The summed E-state index contributed by atoms with van der Waals surface area (Å²) in [7, 11) is 0. The van der Waals surface area contributed by atoms with Gasteiger partial charge in [-0.3, -0.25) is 14.3 Å². The van der Waals surface area contributed by atoms with Crippen molar-refractivity contribution in [2.24, 2.45) is 0 Å². The normalized spacial score (nSPS) is 16.8. The Hall–Kier alpha value is -3.79. The maximum atomic E-state index is 13.3. The number of carbonyl (C=O) groups excluding carboxylic acids is 2. The van der Waals surface area contributed by atoms with Gasteiger partial charge in [0.25, 0.3) is 5.91 Å². The lowest BCUT2D eigenvalue weighted by molar-refractivity contribution is -0.118. The number of rotatable bonds is 11. The van der Waals surface area contributed by atoms with E-state index in [0.717, 1.165) is 49.9 Å². The second-order valence-electron chi connectivity index (χ2n) is 11.1. The second kappa shape index (κ2) is 12.2. The van der Waals surface area contributed by atoms with Crippen molar-refractivity contribution >= 4 is 34.2 Å². The molecule has 0 spiro atoms. The van der Waals surface area contributed by atoms with Gasteiger partial charge in [0.1, 0.15) is 17.7 Å². The Kier molecular flexibility index (Phi) is 8.24. The SMILES string of the molecule is O=C(NC(CN1CCCC1)C(O)c1ccc(OC2CC2)c(Cl)c1)C(=O)c1ccc2c(cnn2Cc2ccc(F)cc2)c1. The molecule has 4 aromatic rings. The lowest BCUT2D eigenvalue weighted by Gasteiger charge is -2.28. The molecule has 2 N–H and O–H groups in total. The molecule has 10 heteroatoms. The number of ether oxygens (including phenoxy) is 1.